The van der Waals surface area contributed by atoms with Gasteiger partial charge < -0.3 is 15.5 Å². The molecule has 3 amide bonds. The minimum absolute atomic E-state index is 0.0143. The van der Waals surface area contributed by atoms with Gasteiger partial charge in [-0.2, -0.15) is 13.2 Å². The number of alkyl halides is 3. The molecule has 0 unspecified atom stereocenters. The van der Waals surface area contributed by atoms with Gasteiger partial charge in [0.1, 0.15) is 0 Å². The second-order valence-corrected chi connectivity index (χ2v) is 5.65. The molecule has 0 aliphatic carbocycles. The molecule has 5 nitrogen and oxygen atoms in total. The molecule has 1 aliphatic heterocycles. The number of rotatable bonds is 6. The van der Waals surface area contributed by atoms with Crippen molar-refractivity contribution in [2.45, 2.75) is 32.0 Å². The van der Waals surface area contributed by atoms with Crippen LogP contribution < -0.4 is 10.6 Å². The van der Waals surface area contributed by atoms with E-state index in [1.54, 1.807) is 4.90 Å². The van der Waals surface area contributed by atoms with Crippen LogP contribution in [-0.2, 0) is 17.5 Å². The SMILES string of the molecule is O=C(NCCCN1CCCC1=O)NCc1cccc(C(F)(F)F)c1. The summed E-state index contributed by atoms with van der Waals surface area (Å²) in [7, 11) is 0. The summed E-state index contributed by atoms with van der Waals surface area (Å²) in [5.41, 5.74) is -0.361. The highest BCUT2D eigenvalue weighted by Gasteiger charge is 2.30. The minimum atomic E-state index is -4.40. The molecule has 0 atom stereocenters. The number of nitrogens with one attached hydrogen (secondary N) is 2. The molecule has 8 heteroatoms. The number of benzene rings is 1. The van der Waals surface area contributed by atoms with Crippen LogP contribution >= 0.6 is 0 Å². The molecule has 0 radical (unpaired) electrons. The van der Waals surface area contributed by atoms with Crippen molar-refractivity contribution in [1.29, 1.82) is 0 Å². The van der Waals surface area contributed by atoms with Crippen molar-refractivity contribution in [1.82, 2.24) is 15.5 Å². The van der Waals surface area contributed by atoms with Crippen LogP contribution in [0.5, 0.6) is 0 Å². The lowest BCUT2D eigenvalue weighted by Crippen LogP contribution is -2.37. The Morgan fingerprint density at radius 2 is 2.04 bits per heavy atom. The predicted molar refractivity (Wildman–Crippen MR) is 82.1 cm³/mol. The van der Waals surface area contributed by atoms with Crippen molar-refractivity contribution in [2.24, 2.45) is 0 Å². The van der Waals surface area contributed by atoms with Crippen molar-refractivity contribution in [3.8, 4) is 0 Å². The van der Waals surface area contributed by atoms with Crippen LogP contribution in [0.2, 0.25) is 0 Å². The third-order valence-electron chi connectivity index (χ3n) is 3.77. The number of likely N-dealkylation sites (tertiary alicyclic amines) is 1. The van der Waals surface area contributed by atoms with Gasteiger partial charge in [-0.3, -0.25) is 4.79 Å². The third-order valence-corrected chi connectivity index (χ3v) is 3.77. The highest BCUT2D eigenvalue weighted by Crippen LogP contribution is 2.29. The fourth-order valence-corrected chi connectivity index (χ4v) is 2.51. The number of carbonyl (C=O) groups is 2. The lowest BCUT2D eigenvalue weighted by molar-refractivity contribution is -0.137. The number of carbonyl (C=O) groups excluding carboxylic acids is 2. The van der Waals surface area contributed by atoms with Gasteiger partial charge in [0.15, 0.2) is 0 Å². The largest absolute Gasteiger partial charge is 0.416 e. The van der Waals surface area contributed by atoms with Gasteiger partial charge in [-0.25, -0.2) is 4.79 Å². The molecule has 0 spiro atoms. The molecular weight excluding hydrogens is 323 g/mol. The molecule has 2 rings (SSSR count). The Morgan fingerprint density at radius 1 is 1.25 bits per heavy atom. The smallest absolute Gasteiger partial charge is 0.343 e. The van der Waals surface area contributed by atoms with Crippen molar-refractivity contribution in [2.75, 3.05) is 19.6 Å². The molecule has 1 aliphatic rings. The average Bonchev–Trinajstić information content (AvgIpc) is 2.94. The molecular formula is C16H20F3N3O2. The number of amides is 3. The maximum absolute atomic E-state index is 12.6. The summed E-state index contributed by atoms with van der Waals surface area (Å²) in [5.74, 6) is 0.143. The van der Waals surface area contributed by atoms with Crippen LogP contribution in [0.25, 0.3) is 0 Å². The van der Waals surface area contributed by atoms with Gasteiger partial charge in [0.25, 0.3) is 0 Å². The molecule has 24 heavy (non-hydrogen) atoms. The topological polar surface area (TPSA) is 61.4 Å². The number of hydrogen-bond acceptors (Lipinski definition) is 2. The zero-order valence-corrected chi connectivity index (χ0v) is 13.2. The minimum Gasteiger partial charge on any atom is -0.343 e. The predicted octanol–water partition coefficient (Wildman–Crippen LogP) is 2.52. The van der Waals surface area contributed by atoms with E-state index in [0.717, 1.165) is 25.1 Å². The van der Waals surface area contributed by atoms with Gasteiger partial charge in [0.2, 0.25) is 5.91 Å². The Labute approximate surface area is 138 Å². The summed E-state index contributed by atoms with van der Waals surface area (Å²) >= 11 is 0. The summed E-state index contributed by atoms with van der Waals surface area (Å²) in [5, 5.41) is 5.14. The van der Waals surface area contributed by atoms with E-state index in [9.17, 15) is 22.8 Å². The van der Waals surface area contributed by atoms with Crippen molar-refractivity contribution >= 4 is 11.9 Å². The molecule has 1 heterocycles. The zero-order valence-electron chi connectivity index (χ0n) is 13.2. The highest BCUT2D eigenvalue weighted by molar-refractivity contribution is 5.78. The Hall–Kier alpha value is -2.25. The van der Waals surface area contributed by atoms with Crippen molar-refractivity contribution < 1.29 is 22.8 Å². The quantitative estimate of drug-likeness (QED) is 0.780. The number of nitrogens with zero attached hydrogens (tertiary/aromatic N) is 1. The van der Waals surface area contributed by atoms with E-state index in [2.05, 4.69) is 10.6 Å². The molecule has 132 valence electrons. The fourth-order valence-electron chi connectivity index (χ4n) is 2.51. The van der Waals surface area contributed by atoms with E-state index in [-0.39, 0.29) is 12.5 Å². The monoisotopic (exact) mass is 343 g/mol. The van der Waals surface area contributed by atoms with E-state index in [0.29, 0.717) is 31.5 Å². The average molecular weight is 343 g/mol. The third kappa shape index (κ3) is 5.43. The molecule has 1 saturated heterocycles. The second kappa shape index (κ2) is 8.03. The summed E-state index contributed by atoms with van der Waals surface area (Å²) in [6.07, 6.45) is -2.29. The maximum atomic E-state index is 12.6. The molecule has 0 saturated carbocycles. The Kier molecular flexibility index (Phi) is 6.05. The van der Waals surface area contributed by atoms with Gasteiger partial charge in [0, 0.05) is 32.6 Å². The first-order valence-electron chi connectivity index (χ1n) is 7.82. The van der Waals surface area contributed by atoms with E-state index in [1.807, 2.05) is 0 Å². The fraction of sp³-hybridized carbons (Fsp3) is 0.500. The van der Waals surface area contributed by atoms with Gasteiger partial charge in [-0.15, -0.1) is 0 Å². The van der Waals surface area contributed by atoms with Gasteiger partial charge in [0.05, 0.1) is 5.56 Å². The molecule has 1 aromatic carbocycles. The van der Waals surface area contributed by atoms with E-state index >= 15 is 0 Å². The number of hydrogen-bond donors (Lipinski definition) is 2. The van der Waals surface area contributed by atoms with Crippen LogP contribution in [-0.4, -0.2) is 36.5 Å². The summed E-state index contributed by atoms with van der Waals surface area (Å²) in [6, 6.07) is 4.39. The van der Waals surface area contributed by atoms with E-state index < -0.39 is 17.8 Å². The maximum Gasteiger partial charge on any atom is 0.416 e. The van der Waals surface area contributed by atoms with E-state index in [1.165, 1.54) is 12.1 Å². The molecule has 0 aromatic heterocycles. The Bertz CT molecular complexity index is 590. The normalized spacial score (nSPS) is 14.8. The van der Waals surface area contributed by atoms with Crippen LogP contribution in [0.3, 0.4) is 0 Å². The summed E-state index contributed by atoms with van der Waals surface area (Å²) < 4.78 is 37.8. The first kappa shape index (κ1) is 18.1. The lowest BCUT2D eigenvalue weighted by Gasteiger charge is -2.15. The van der Waals surface area contributed by atoms with Crippen LogP contribution in [0.15, 0.2) is 24.3 Å². The van der Waals surface area contributed by atoms with Crippen molar-refractivity contribution in [3.63, 3.8) is 0 Å². The number of halogens is 3. The van der Waals surface area contributed by atoms with Gasteiger partial charge >= 0.3 is 12.2 Å². The standard InChI is InChI=1S/C16H20F3N3O2/c17-16(18,19)13-5-1-4-12(10-13)11-21-15(24)20-7-3-9-22-8-2-6-14(22)23/h1,4-5,10H,2-3,6-9,11H2,(H2,20,21,24). The lowest BCUT2D eigenvalue weighted by atomic mass is 10.1. The molecule has 0 bridgehead atoms. The Morgan fingerprint density at radius 3 is 2.71 bits per heavy atom. The van der Waals surface area contributed by atoms with Crippen molar-refractivity contribution in [3.05, 3.63) is 35.4 Å². The van der Waals surface area contributed by atoms with Crippen LogP contribution in [0.4, 0.5) is 18.0 Å². The van der Waals surface area contributed by atoms with Crippen LogP contribution in [0, 0.1) is 0 Å². The van der Waals surface area contributed by atoms with Crippen LogP contribution in [0.1, 0.15) is 30.4 Å². The molecule has 2 N–H and O–H groups in total. The van der Waals surface area contributed by atoms with E-state index in [4.69, 9.17) is 0 Å². The zero-order chi connectivity index (χ0) is 17.6. The first-order chi connectivity index (χ1) is 11.4. The first-order valence-corrected chi connectivity index (χ1v) is 7.82. The van der Waals surface area contributed by atoms with Gasteiger partial charge in [-0.05, 0) is 30.5 Å². The molecule has 1 fully saturated rings. The highest BCUT2D eigenvalue weighted by atomic mass is 19.4. The summed E-state index contributed by atoms with van der Waals surface area (Å²) in [6.45, 7) is 1.78. The summed E-state index contributed by atoms with van der Waals surface area (Å²) in [4.78, 5) is 24.8. The molecule has 1 aromatic rings. The second-order valence-electron chi connectivity index (χ2n) is 5.65. The van der Waals surface area contributed by atoms with Gasteiger partial charge in [-0.1, -0.05) is 12.1 Å². The Balaban J connectivity index is 1.67. The number of urea groups is 1.